The van der Waals surface area contributed by atoms with E-state index in [-0.39, 0.29) is 0 Å². The van der Waals surface area contributed by atoms with E-state index in [1.807, 2.05) is 6.07 Å². The highest BCUT2D eigenvalue weighted by atomic mass is 15.3. The molecule has 124 valence electrons. The molecule has 1 fully saturated rings. The number of aromatic nitrogens is 2. The van der Waals surface area contributed by atoms with Gasteiger partial charge in [-0.2, -0.15) is 5.10 Å². The summed E-state index contributed by atoms with van der Waals surface area (Å²) in [6.07, 6.45) is 11.0. The minimum Gasteiger partial charge on any atom is -0.354 e. The van der Waals surface area contributed by atoms with Gasteiger partial charge in [-0.15, -0.1) is 5.10 Å². The predicted octanol–water partition coefficient (Wildman–Crippen LogP) is 3.64. The van der Waals surface area contributed by atoms with E-state index in [1.54, 1.807) is 6.20 Å². The highest BCUT2D eigenvalue weighted by molar-refractivity contribution is 5.37. The standard InChI is InChI=1S/C18H32N4/c1-3-5-8-16(4-2)11-13-19-17-9-7-14-22(15-17)18-10-6-12-20-21-18/h6,10,12,16-17,19H,3-5,7-9,11,13-15H2,1-2H3/t16-,17+/m0/s1. The van der Waals surface area contributed by atoms with Gasteiger partial charge in [-0.1, -0.05) is 39.5 Å². The van der Waals surface area contributed by atoms with E-state index in [9.17, 15) is 0 Å². The maximum atomic E-state index is 4.24. The Balaban J connectivity index is 1.71. The molecular formula is C18H32N4. The number of unbranched alkanes of at least 4 members (excludes halogenated alkanes) is 1. The van der Waals surface area contributed by atoms with Gasteiger partial charge in [0.15, 0.2) is 5.82 Å². The molecule has 0 amide bonds. The molecule has 2 atom stereocenters. The zero-order valence-electron chi connectivity index (χ0n) is 14.3. The third-order valence-corrected chi connectivity index (χ3v) is 4.83. The van der Waals surface area contributed by atoms with Crippen molar-refractivity contribution >= 4 is 5.82 Å². The van der Waals surface area contributed by atoms with Crippen LogP contribution in [-0.2, 0) is 0 Å². The van der Waals surface area contributed by atoms with Crippen molar-refractivity contribution in [2.24, 2.45) is 5.92 Å². The Morgan fingerprint density at radius 1 is 1.36 bits per heavy atom. The van der Waals surface area contributed by atoms with Crippen molar-refractivity contribution in [1.29, 1.82) is 0 Å². The molecule has 22 heavy (non-hydrogen) atoms. The van der Waals surface area contributed by atoms with E-state index < -0.39 is 0 Å². The number of nitrogens with zero attached hydrogens (tertiary/aromatic N) is 3. The molecule has 1 N–H and O–H groups in total. The van der Waals surface area contributed by atoms with Crippen molar-refractivity contribution in [3.63, 3.8) is 0 Å². The molecule has 1 aliphatic heterocycles. The quantitative estimate of drug-likeness (QED) is 0.756. The van der Waals surface area contributed by atoms with Gasteiger partial charge >= 0.3 is 0 Å². The van der Waals surface area contributed by atoms with Crippen LogP contribution in [0.3, 0.4) is 0 Å². The zero-order valence-corrected chi connectivity index (χ0v) is 14.3. The molecular weight excluding hydrogens is 272 g/mol. The lowest BCUT2D eigenvalue weighted by atomic mass is 9.95. The van der Waals surface area contributed by atoms with Gasteiger partial charge in [-0.05, 0) is 43.9 Å². The van der Waals surface area contributed by atoms with Gasteiger partial charge in [-0.3, -0.25) is 0 Å². The summed E-state index contributed by atoms with van der Waals surface area (Å²) in [5.41, 5.74) is 0. The van der Waals surface area contributed by atoms with Crippen molar-refractivity contribution in [3.8, 4) is 0 Å². The van der Waals surface area contributed by atoms with Gasteiger partial charge in [0.05, 0.1) is 0 Å². The number of anilines is 1. The van der Waals surface area contributed by atoms with Crippen LogP contribution in [0.5, 0.6) is 0 Å². The van der Waals surface area contributed by atoms with E-state index in [0.717, 1.165) is 31.4 Å². The van der Waals surface area contributed by atoms with Crippen LogP contribution in [0.4, 0.5) is 5.82 Å². The number of hydrogen-bond acceptors (Lipinski definition) is 4. The van der Waals surface area contributed by atoms with Gasteiger partial charge in [0.1, 0.15) is 0 Å². The molecule has 1 saturated heterocycles. The first-order valence-electron chi connectivity index (χ1n) is 9.09. The third kappa shape index (κ3) is 5.56. The van der Waals surface area contributed by atoms with Crippen LogP contribution < -0.4 is 10.2 Å². The van der Waals surface area contributed by atoms with Gasteiger partial charge in [-0.25, -0.2) is 0 Å². The molecule has 0 aromatic carbocycles. The Labute approximate surface area is 135 Å². The van der Waals surface area contributed by atoms with Crippen molar-refractivity contribution in [2.75, 3.05) is 24.5 Å². The summed E-state index contributed by atoms with van der Waals surface area (Å²) in [5, 5.41) is 12.0. The monoisotopic (exact) mass is 304 g/mol. The zero-order chi connectivity index (χ0) is 15.6. The summed E-state index contributed by atoms with van der Waals surface area (Å²) < 4.78 is 0. The lowest BCUT2D eigenvalue weighted by Gasteiger charge is -2.34. The fraction of sp³-hybridized carbons (Fsp3) is 0.778. The van der Waals surface area contributed by atoms with Crippen LogP contribution in [0.25, 0.3) is 0 Å². The molecule has 2 rings (SSSR count). The molecule has 2 heterocycles. The highest BCUT2D eigenvalue weighted by Crippen LogP contribution is 2.18. The van der Waals surface area contributed by atoms with E-state index >= 15 is 0 Å². The maximum Gasteiger partial charge on any atom is 0.151 e. The smallest absolute Gasteiger partial charge is 0.151 e. The second-order valence-electron chi connectivity index (χ2n) is 6.53. The second kappa shape index (κ2) is 9.78. The van der Waals surface area contributed by atoms with Gasteiger partial charge in [0, 0.05) is 25.3 Å². The Bertz CT molecular complexity index is 395. The molecule has 0 saturated carbocycles. The maximum absolute atomic E-state index is 4.24. The van der Waals surface area contributed by atoms with Crippen molar-refractivity contribution in [2.45, 2.75) is 64.8 Å². The lowest BCUT2D eigenvalue weighted by Crippen LogP contribution is -2.46. The number of rotatable bonds is 9. The number of piperidine rings is 1. The molecule has 4 heteroatoms. The van der Waals surface area contributed by atoms with Crippen LogP contribution >= 0.6 is 0 Å². The molecule has 0 aliphatic carbocycles. The molecule has 0 radical (unpaired) electrons. The lowest BCUT2D eigenvalue weighted by molar-refractivity contribution is 0.370. The summed E-state index contributed by atoms with van der Waals surface area (Å²) in [4.78, 5) is 2.36. The Morgan fingerprint density at radius 3 is 3.00 bits per heavy atom. The van der Waals surface area contributed by atoms with E-state index in [0.29, 0.717) is 6.04 Å². The Morgan fingerprint density at radius 2 is 2.27 bits per heavy atom. The summed E-state index contributed by atoms with van der Waals surface area (Å²) >= 11 is 0. The van der Waals surface area contributed by atoms with Crippen molar-refractivity contribution in [3.05, 3.63) is 18.3 Å². The molecule has 0 spiro atoms. The van der Waals surface area contributed by atoms with Crippen LogP contribution in [0.2, 0.25) is 0 Å². The minimum atomic E-state index is 0.597. The second-order valence-corrected chi connectivity index (χ2v) is 6.53. The normalized spacial score (nSPS) is 20.1. The number of nitrogens with one attached hydrogen (secondary N) is 1. The SMILES string of the molecule is CCCC[C@H](CC)CCN[C@@H]1CCCN(c2cccnn2)C1. The topological polar surface area (TPSA) is 41.0 Å². The van der Waals surface area contributed by atoms with Crippen LogP contribution in [0.15, 0.2) is 18.3 Å². The summed E-state index contributed by atoms with van der Waals surface area (Å²) in [7, 11) is 0. The fourth-order valence-electron chi connectivity index (χ4n) is 3.35. The Kier molecular flexibility index (Phi) is 7.64. The average Bonchev–Trinajstić information content (AvgIpc) is 2.59. The van der Waals surface area contributed by atoms with Gasteiger partial charge in [0.25, 0.3) is 0 Å². The molecule has 4 nitrogen and oxygen atoms in total. The van der Waals surface area contributed by atoms with Gasteiger partial charge < -0.3 is 10.2 Å². The fourth-order valence-corrected chi connectivity index (χ4v) is 3.35. The molecule has 1 aliphatic rings. The molecule has 0 bridgehead atoms. The third-order valence-electron chi connectivity index (χ3n) is 4.83. The van der Waals surface area contributed by atoms with Crippen LogP contribution in [0, 0.1) is 5.92 Å². The largest absolute Gasteiger partial charge is 0.354 e. The molecule has 1 aromatic rings. The van der Waals surface area contributed by atoms with Gasteiger partial charge in [0.2, 0.25) is 0 Å². The van der Waals surface area contributed by atoms with Crippen molar-refractivity contribution < 1.29 is 0 Å². The summed E-state index contributed by atoms with van der Waals surface area (Å²) in [6, 6.07) is 4.63. The minimum absolute atomic E-state index is 0.597. The average molecular weight is 304 g/mol. The molecule has 0 unspecified atom stereocenters. The van der Waals surface area contributed by atoms with E-state index in [1.165, 1.54) is 44.9 Å². The highest BCUT2D eigenvalue weighted by Gasteiger charge is 2.20. The van der Waals surface area contributed by atoms with Crippen LogP contribution in [-0.4, -0.2) is 35.9 Å². The summed E-state index contributed by atoms with van der Waals surface area (Å²) in [5.74, 6) is 1.91. The van der Waals surface area contributed by atoms with Crippen LogP contribution in [0.1, 0.15) is 58.8 Å². The first-order chi connectivity index (χ1) is 10.8. The first kappa shape index (κ1) is 17.2. The predicted molar refractivity (Wildman–Crippen MR) is 93.2 cm³/mol. The van der Waals surface area contributed by atoms with E-state index in [4.69, 9.17) is 0 Å². The number of hydrogen-bond donors (Lipinski definition) is 1. The molecule has 1 aromatic heterocycles. The Hall–Kier alpha value is -1.16. The van der Waals surface area contributed by atoms with E-state index in [2.05, 4.69) is 40.3 Å². The van der Waals surface area contributed by atoms with Crippen molar-refractivity contribution in [1.82, 2.24) is 15.5 Å². The summed E-state index contributed by atoms with van der Waals surface area (Å²) in [6.45, 7) is 7.93. The first-order valence-corrected chi connectivity index (χ1v) is 9.09.